The molecular formula is C13H18N2O. The molecule has 0 aliphatic rings. The number of methoxy groups -OCH3 is 1. The summed E-state index contributed by atoms with van der Waals surface area (Å²) in [6.07, 6.45) is 2.15. The van der Waals surface area contributed by atoms with Crippen molar-refractivity contribution in [3.05, 3.63) is 30.0 Å². The van der Waals surface area contributed by atoms with E-state index >= 15 is 0 Å². The van der Waals surface area contributed by atoms with Crippen molar-refractivity contribution in [3.8, 4) is 5.75 Å². The van der Waals surface area contributed by atoms with Crippen LogP contribution in [0.2, 0.25) is 0 Å². The number of nitrogens with zero attached hydrogens (tertiary/aromatic N) is 1. The van der Waals surface area contributed by atoms with Crippen LogP contribution in [0.15, 0.2) is 24.4 Å². The van der Waals surface area contributed by atoms with Crippen molar-refractivity contribution in [1.29, 1.82) is 0 Å². The molecule has 0 fully saturated rings. The monoisotopic (exact) mass is 218 g/mol. The van der Waals surface area contributed by atoms with Crippen LogP contribution < -0.4 is 10.5 Å². The van der Waals surface area contributed by atoms with Gasteiger partial charge in [0.1, 0.15) is 5.75 Å². The molecule has 0 spiro atoms. The van der Waals surface area contributed by atoms with Gasteiger partial charge in [0, 0.05) is 24.7 Å². The average Bonchev–Trinajstić information content (AvgIpc) is 2.65. The van der Waals surface area contributed by atoms with Gasteiger partial charge < -0.3 is 15.0 Å². The predicted octanol–water partition coefficient (Wildman–Crippen LogP) is 2.25. The van der Waals surface area contributed by atoms with E-state index in [1.165, 1.54) is 16.5 Å². The third-order valence-electron chi connectivity index (χ3n) is 3.11. The van der Waals surface area contributed by atoms with Gasteiger partial charge in [-0.25, -0.2) is 0 Å². The molecule has 3 nitrogen and oxygen atoms in total. The van der Waals surface area contributed by atoms with Gasteiger partial charge in [-0.3, -0.25) is 0 Å². The van der Waals surface area contributed by atoms with Crippen LogP contribution in [-0.4, -0.2) is 18.2 Å². The normalized spacial score (nSPS) is 13.0. The van der Waals surface area contributed by atoms with Crippen LogP contribution >= 0.6 is 0 Å². The number of ether oxygens (including phenoxy) is 1. The Morgan fingerprint density at radius 3 is 2.81 bits per heavy atom. The minimum absolute atomic E-state index is 0.386. The molecular weight excluding hydrogens is 200 g/mol. The lowest BCUT2D eigenvalue weighted by Crippen LogP contribution is -2.08. The van der Waals surface area contributed by atoms with Crippen LogP contribution in [0.4, 0.5) is 0 Å². The molecule has 0 bridgehead atoms. The van der Waals surface area contributed by atoms with Crippen LogP contribution in [0, 0.1) is 0 Å². The summed E-state index contributed by atoms with van der Waals surface area (Å²) in [6, 6.07) is 6.16. The van der Waals surface area contributed by atoms with Gasteiger partial charge >= 0.3 is 0 Å². The molecule has 0 aliphatic heterocycles. The van der Waals surface area contributed by atoms with Gasteiger partial charge in [0.05, 0.1) is 12.6 Å². The van der Waals surface area contributed by atoms with E-state index < -0.39 is 0 Å². The highest BCUT2D eigenvalue weighted by molar-refractivity contribution is 5.85. The second-order valence-corrected chi connectivity index (χ2v) is 4.22. The Morgan fingerprint density at radius 2 is 2.19 bits per heavy atom. The molecule has 3 heteroatoms. The maximum atomic E-state index is 5.73. The molecule has 0 radical (unpaired) electrons. The molecule has 2 N–H and O–H groups in total. The maximum Gasteiger partial charge on any atom is 0.120 e. The Morgan fingerprint density at radius 1 is 1.44 bits per heavy atom. The molecule has 0 aliphatic carbocycles. The molecule has 16 heavy (non-hydrogen) atoms. The first-order valence-electron chi connectivity index (χ1n) is 5.50. The zero-order valence-corrected chi connectivity index (χ0v) is 10.0. The fourth-order valence-electron chi connectivity index (χ4n) is 2.04. The summed E-state index contributed by atoms with van der Waals surface area (Å²) in [6.45, 7) is 2.82. The SMILES string of the molecule is COc1ccc2c(C(C)CN)cn(C)c2c1. The zero-order valence-electron chi connectivity index (χ0n) is 10.0. The van der Waals surface area contributed by atoms with Crippen molar-refractivity contribution < 1.29 is 4.74 Å². The van der Waals surface area contributed by atoms with Gasteiger partial charge in [0.25, 0.3) is 0 Å². The largest absolute Gasteiger partial charge is 0.497 e. The average molecular weight is 218 g/mol. The summed E-state index contributed by atoms with van der Waals surface area (Å²) in [5.74, 6) is 1.28. The molecule has 1 aromatic carbocycles. The topological polar surface area (TPSA) is 40.2 Å². The third-order valence-corrected chi connectivity index (χ3v) is 3.11. The highest BCUT2D eigenvalue weighted by Gasteiger charge is 2.12. The zero-order chi connectivity index (χ0) is 11.7. The van der Waals surface area contributed by atoms with Crippen molar-refractivity contribution in [3.63, 3.8) is 0 Å². The predicted molar refractivity (Wildman–Crippen MR) is 66.9 cm³/mol. The molecule has 86 valence electrons. The first-order valence-corrected chi connectivity index (χ1v) is 5.50. The summed E-state index contributed by atoms with van der Waals surface area (Å²) in [5, 5.41) is 1.27. The first kappa shape index (κ1) is 11.0. The molecule has 2 rings (SSSR count). The molecule has 2 aromatic rings. The van der Waals surface area contributed by atoms with E-state index in [1.54, 1.807) is 7.11 Å². The molecule has 1 heterocycles. The lowest BCUT2D eigenvalue weighted by molar-refractivity contribution is 0.415. The van der Waals surface area contributed by atoms with Gasteiger partial charge in [-0.2, -0.15) is 0 Å². The first-order chi connectivity index (χ1) is 7.67. The molecule has 0 saturated heterocycles. The summed E-state index contributed by atoms with van der Waals surface area (Å²) >= 11 is 0. The maximum absolute atomic E-state index is 5.73. The van der Waals surface area contributed by atoms with E-state index in [-0.39, 0.29) is 0 Å². The van der Waals surface area contributed by atoms with E-state index in [0.29, 0.717) is 12.5 Å². The van der Waals surface area contributed by atoms with Gasteiger partial charge in [-0.05, 0) is 30.2 Å². The van der Waals surface area contributed by atoms with Gasteiger partial charge in [-0.1, -0.05) is 6.92 Å². The molecule has 1 unspecified atom stereocenters. The highest BCUT2D eigenvalue weighted by Crippen LogP contribution is 2.29. The number of aromatic nitrogens is 1. The molecule has 0 amide bonds. The number of hydrogen-bond donors (Lipinski definition) is 1. The minimum atomic E-state index is 0.386. The summed E-state index contributed by atoms with van der Waals surface area (Å²) in [7, 11) is 3.74. The minimum Gasteiger partial charge on any atom is -0.497 e. The van der Waals surface area contributed by atoms with Crippen molar-refractivity contribution >= 4 is 10.9 Å². The summed E-state index contributed by atoms with van der Waals surface area (Å²) < 4.78 is 7.36. The van der Waals surface area contributed by atoms with E-state index in [2.05, 4.69) is 36.9 Å². The Labute approximate surface area is 95.8 Å². The van der Waals surface area contributed by atoms with E-state index in [9.17, 15) is 0 Å². The lowest BCUT2D eigenvalue weighted by Gasteiger charge is -2.06. The number of fused-ring (bicyclic) bond motifs is 1. The van der Waals surface area contributed by atoms with Crippen LogP contribution in [0.1, 0.15) is 18.4 Å². The van der Waals surface area contributed by atoms with E-state index in [4.69, 9.17) is 10.5 Å². The Balaban J connectivity index is 2.62. The number of hydrogen-bond acceptors (Lipinski definition) is 2. The number of aryl methyl sites for hydroxylation is 1. The van der Waals surface area contributed by atoms with Crippen LogP contribution in [-0.2, 0) is 7.05 Å². The van der Waals surface area contributed by atoms with Crippen molar-refractivity contribution in [2.45, 2.75) is 12.8 Å². The van der Waals surface area contributed by atoms with Crippen molar-refractivity contribution in [2.75, 3.05) is 13.7 Å². The number of rotatable bonds is 3. The van der Waals surface area contributed by atoms with E-state index in [0.717, 1.165) is 5.75 Å². The van der Waals surface area contributed by atoms with Gasteiger partial charge in [-0.15, -0.1) is 0 Å². The van der Waals surface area contributed by atoms with E-state index in [1.807, 2.05) is 6.07 Å². The fourth-order valence-corrected chi connectivity index (χ4v) is 2.04. The van der Waals surface area contributed by atoms with Gasteiger partial charge in [0.2, 0.25) is 0 Å². The quantitative estimate of drug-likeness (QED) is 0.858. The Bertz CT molecular complexity index is 502. The smallest absolute Gasteiger partial charge is 0.120 e. The highest BCUT2D eigenvalue weighted by atomic mass is 16.5. The summed E-state index contributed by atoms with van der Waals surface area (Å²) in [5.41, 5.74) is 8.22. The Hall–Kier alpha value is -1.48. The molecule has 1 atom stereocenters. The molecule has 0 saturated carbocycles. The van der Waals surface area contributed by atoms with Crippen LogP contribution in [0.25, 0.3) is 10.9 Å². The summed E-state index contributed by atoms with van der Waals surface area (Å²) in [4.78, 5) is 0. The van der Waals surface area contributed by atoms with Crippen molar-refractivity contribution in [2.24, 2.45) is 12.8 Å². The number of benzene rings is 1. The van der Waals surface area contributed by atoms with Crippen LogP contribution in [0.3, 0.4) is 0 Å². The number of nitrogens with two attached hydrogens (primary N) is 1. The third kappa shape index (κ3) is 1.67. The standard InChI is InChI=1S/C13H18N2O/c1-9(7-14)12-8-15(2)13-6-10(16-3)4-5-11(12)13/h4-6,8-9H,7,14H2,1-3H3. The van der Waals surface area contributed by atoms with Gasteiger partial charge in [0.15, 0.2) is 0 Å². The Kier molecular flexibility index (Phi) is 2.88. The lowest BCUT2D eigenvalue weighted by atomic mass is 10.0. The second-order valence-electron chi connectivity index (χ2n) is 4.22. The van der Waals surface area contributed by atoms with Crippen LogP contribution in [0.5, 0.6) is 5.75 Å². The molecule has 1 aromatic heterocycles. The fraction of sp³-hybridized carbons (Fsp3) is 0.385. The van der Waals surface area contributed by atoms with Crippen molar-refractivity contribution in [1.82, 2.24) is 4.57 Å². The second kappa shape index (κ2) is 4.18.